The summed E-state index contributed by atoms with van der Waals surface area (Å²) in [6.07, 6.45) is 0.328. The van der Waals surface area contributed by atoms with E-state index in [0.717, 1.165) is 0 Å². The maximum Gasteiger partial charge on any atom is 0.335 e. The van der Waals surface area contributed by atoms with Gasteiger partial charge in [0.25, 0.3) is 0 Å². The Balaban J connectivity index is 2.49. The van der Waals surface area contributed by atoms with Gasteiger partial charge in [-0.1, -0.05) is 26.8 Å². The average Bonchev–Trinajstić information content (AvgIpc) is 2.34. The lowest BCUT2D eigenvalue weighted by Gasteiger charge is -2.17. The summed E-state index contributed by atoms with van der Waals surface area (Å²) in [5.41, 5.74) is 0.325. The molecule has 0 aliphatic heterocycles. The number of hydrogen-bond donors (Lipinski definition) is 3. The normalized spacial score (nSPS) is 10.8. The van der Waals surface area contributed by atoms with Crippen LogP contribution >= 0.6 is 0 Å². The molecule has 3 N–H and O–H groups in total. The molecule has 0 unspecified atom stereocenters. The average molecular weight is 292 g/mol. The predicted molar refractivity (Wildman–Crippen MR) is 79.1 cm³/mol. The molecule has 114 valence electrons. The Bertz CT molecular complexity index is 547. The van der Waals surface area contributed by atoms with Gasteiger partial charge >= 0.3 is 5.97 Å². The van der Waals surface area contributed by atoms with E-state index >= 15 is 0 Å². The number of carboxylic acids is 1. The molecule has 21 heavy (non-hydrogen) atoms. The first kappa shape index (κ1) is 16.7. The van der Waals surface area contributed by atoms with E-state index < -0.39 is 11.9 Å². The number of nitrogens with one attached hydrogen (secondary N) is 2. The van der Waals surface area contributed by atoms with E-state index in [2.05, 4.69) is 10.6 Å². The largest absolute Gasteiger partial charge is 0.478 e. The van der Waals surface area contributed by atoms with E-state index in [1.807, 2.05) is 20.8 Å². The van der Waals surface area contributed by atoms with E-state index in [-0.39, 0.29) is 23.4 Å². The summed E-state index contributed by atoms with van der Waals surface area (Å²) in [5.74, 6) is -1.67. The summed E-state index contributed by atoms with van der Waals surface area (Å²) in [6, 6.07) is 5.92. The maximum absolute atomic E-state index is 11.7. The van der Waals surface area contributed by atoms with Crippen LogP contribution in [0.25, 0.3) is 0 Å². The molecule has 0 atom stereocenters. The van der Waals surface area contributed by atoms with E-state index in [1.165, 1.54) is 18.2 Å². The van der Waals surface area contributed by atoms with Gasteiger partial charge in [0.15, 0.2) is 0 Å². The number of amides is 2. The van der Waals surface area contributed by atoms with E-state index in [0.29, 0.717) is 12.1 Å². The SMILES string of the molecule is CC(C)(C)CC(=O)NCC(=O)Nc1cccc(C(=O)O)c1. The van der Waals surface area contributed by atoms with Crippen LogP contribution in [0, 0.1) is 5.41 Å². The van der Waals surface area contributed by atoms with E-state index in [9.17, 15) is 14.4 Å². The van der Waals surface area contributed by atoms with Crippen molar-refractivity contribution >= 4 is 23.5 Å². The van der Waals surface area contributed by atoms with E-state index in [4.69, 9.17) is 5.11 Å². The quantitative estimate of drug-likeness (QED) is 0.772. The third-order valence-corrected chi connectivity index (χ3v) is 2.53. The van der Waals surface area contributed by atoms with Gasteiger partial charge < -0.3 is 15.7 Å². The molecular weight excluding hydrogens is 272 g/mol. The van der Waals surface area contributed by atoms with E-state index in [1.54, 1.807) is 6.07 Å². The number of carbonyl (C=O) groups excluding carboxylic acids is 2. The summed E-state index contributed by atoms with van der Waals surface area (Å²) >= 11 is 0. The number of rotatable bonds is 5. The van der Waals surface area contributed by atoms with Crippen molar-refractivity contribution in [3.63, 3.8) is 0 Å². The number of carboxylic acid groups (broad SMARTS) is 1. The van der Waals surface area contributed by atoms with Gasteiger partial charge in [0.1, 0.15) is 0 Å². The monoisotopic (exact) mass is 292 g/mol. The fourth-order valence-electron chi connectivity index (χ4n) is 1.66. The Morgan fingerprint density at radius 1 is 1.14 bits per heavy atom. The molecule has 0 saturated heterocycles. The Morgan fingerprint density at radius 3 is 2.38 bits per heavy atom. The molecule has 0 aromatic heterocycles. The van der Waals surface area contributed by atoms with Crippen LogP contribution in [0.5, 0.6) is 0 Å². The summed E-state index contributed by atoms with van der Waals surface area (Å²) in [7, 11) is 0. The standard InChI is InChI=1S/C15H20N2O4/c1-15(2,3)8-12(18)16-9-13(19)17-11-6-4-5-10(7-11)14(20)21/h4-7H,8-9H2,1-3H3,(H,16,18)(H,17,19)(H,20,21). The van der Waals surface area contributed by atoms with Crippen molar-refractivity contribution in [3.05, 3.63) is 29.8 Å². The van der Waals surface area contributed by atoms with Crippen LogP contribution in [0.4, 0.5) is 5.69 Å². The zero-order valence-electron chi connectivity index (χ0n) is 12.4. The van der Waals surface area contributed by atoms with Crippen molar-refractivity contribution in [2.75, 3.05) is 11.9 Å². The zero-order chi connectivity index (χ0) is 16.0. The second-order valence-electron chi connectivity index (χ2n) is 5.95. The molecule has 6 heteroatoms. The molecule has 0 bridgehead atoms. The number of hydrogen-bond acceptors (Lipinski definition) is 3. The molecule has 0 spiro atoms. The van der Waals surface area contributed by atoms with Crippen LogP contribution in [0.1, 0.15) is 37.6 Å². The van der Waals surface area contributed by atoms with Gasteiger partial charge in [-0.25, -0.2) is 4.79 Å². The highest BCUT2D eigenvalue weighted by molar-refractivity contribution is 5.96. The lowest BCUT2D eigenvalue weighted by atomic mass is 9.92. The van der Waals surface area contributed by atoms with Gasteiger partial charge in [-0.3, -0.25) is 9.59 Å². The van der Waals surface area contributed by atoms with Crippen molar-refractivity contribution < 1.29 is 19.5 Å². The van der Waals surface area contributed by atoms with Crippen LogP contribution in [-0.2, 0) is 9.59 Å². The maximum atomic E-state index is 11.7. The van der Waals surface area contributed by atoms with Crippen molar-refractivity contribution in [2.45, 2.75) is 27.2 Å². The third-order valence-electron chi connectivity index (χ3n) is 2.53. The second-order valence-corrected chi connectivity index (χ2v) is 5.95. The lowest BCUT2D eigenvalue weighted by molar-refractivity contribution is -0.125. The number of aromatic carboxylic acids is 1. The van der Waals surface area contributed by atoms with Gasteiger partial charge in [-0.2, -0.15) is 0 Å². The Hall–Kier alpha value is -2.37. The highest BCUT2D eigenvalue weighted by Crippen LogP contribution is 2.17. The number of anilines is 1. The Morgan fingerprint density at radius 2 is 1.81 bits per heavy atom. The smallest absolute Gasteiger partial charge is 0.335 e. The highest BCUT2D eigenvalue weighted by Gasteiger charge is 2.16. The van der Waals surface area contributed by atoms with Crippen molar-refractivity contribution in [2.24, 2.45) is 5.41 Å². The molecule has 0 fully saturated rings. The Labute approximate surface area is 123 Å². The van der Waals surface area contributed by atoms with Gasteiger partial charge in [-0.05, 0) is 23.6 Å². The lowest BCUT2D eigenvalue weighted by Crippen LogP contribution is -2.34. The molecule has 6 nitrogen and oxygen atoms in total. The highest BCUT2D eigenvalue weighted by atomic mass is 16.4. The first-order chi connectivity index (χ1) is 9.67. The molecule has 0 saturated carbocycles. The van der Waals surface area contributed by atoms with Gasteiger partial charge in [0, 0.05) is 12.1 Å². The number of carbonyl (C=O) groups is 3. The molecule has 1 aromatic rings. The molecule has 0 aliphatic carbocycles. The fourth-order valence-corrected chi connectivity index (χ4v) is 1.66. The van der Waals surface area contributed by atoms with Gasteiger partial charge in [-0.15, -0.1) is 0 Å². The number of benzene rings is 1. The molecular formula is C15H20N2O4. The van der Waals surface area contributed by atoms with Crippen molar-refractivity contribution in [1.29, 1.82) is 0 Å². The second kappa shape index (κ2) is 6.88. The van der Waals surface area contributed by atoms with Crippen LogP contribution in [-0.4, -0.2) is 29.4 Å². The van der Waals surface area contributed by atoms with Crippen LogP contribution in [0.3, 0.4) is 0 Å². The van der Waals surface area contributed by atoms with Crippen molar-refractivity contribution in [3.8, 4) is 0 Å². The van der Waals surface area contributed by atoms with Crippen LogP contribution in [0.15, 0.2) is 24.3 Å². The minimum atomic E-state index is -1.07. The summed E-state index contributed by atoms with van der Waals surface area (Å²) in [5, 5.41) is 13.9. The summed E-state index contributed by atoms with van der Waals surface area (Å²) < 4.78 is 0. The molecule has 1 aromatic carbocycles. The molecule has 2 amide bonds. The van der Waals surface area contributed by atoms with Gasteiger partial charge in [0.2, 0.25) is 11.8 Å². The van der Waals surface area contributed by atoms with Crippen LogP contribution < -0.4 is 10.6 Å². The summed E-state index contributed by atoms with van der Waals surface area (Å²) in [6.45, 7) is 5.66. The summed E-state index contributed by atoms with van der Waals surface area (Å²) in [4.78, 5) is 34.1. The predicted octanol–water partition coefficient (Wildman–Crippen LogP) is 1.88. The molecule has 0 aliphatic rings. The minimum Gasteiger partial charge on any atom is -0.478 e. The topological polar surface area (TPSA) is 95.5 Å². The fraction of sp³-hybridized carbons (Fsp3) is 0.400. The third kappa shape index (κ3) is 6.56. The first-order valence-electron chi connectivity index (χ1n) is 6.57. The van der Waals surface area contributed by atoms with Crippen molar-refractivity contribution in [1.82, 2.24) is 5.32 Å². The van der Waals surface area contributed by atoms with Gasteiger partial charge in [0.05, 0.1) is 12.1 Å². The Kier molecular flexibility index (Phi) is 5.46. The minimum absolute atomic E-state index is 0.0876. The van der Waals surface area contributed by atoms with Crippen LogP contribution in [0.2, 0.25) is 0 Å². The zero-order valence-corrected chi connectivity index (χ0v) is 12.4. The molecule has 1 rings (SSSR count). The first-order valence-corrected chi connectivity index (χ1v) is 6.57. The molecule has 0 heterocycles. The molecule has 0 radical (unpaired) electrons.